The minimum Gasteiger partial charge on any atom is -0.481 e. The van der Waals surface area contributed by atoms with Gasteiger partial charge in [0.05, 0.1) is 0 Å². The van der Waals surface area contributed by atoms with Crippen LogP contribution < -0.4 is 15.4 Å². The highest BCUT2D eigenvalue weighted by Crippen LogP contribution is 2.12. The summed E-state index contributed by atoms with van der Waals surface area (Å²) in [5, 5.41) is 6.65. The fourth-order valence-electron chi connectivity index (χ4n) is 2.00. The Labute approximate surface area is 134 Å². The monoisotopic (exact) mass is 301 g/mol. The molecule has 22 heavy (non-hydrogen) atoms. The number of benzene rings is 1. The third kappa shape index (κ3) is 7.58. The SMILES string of the molecule is C#CCOc1ccc(CCNC(=NC)NCCCCC)cc1. The summed E-state index contributed by atoms with van der Waals surface area (Å²) < 4.78 is 5.35. The van der Waals surface area contributed by atoms with Crippen LogP contribution in [0.1, 0.15) is 31.7 Å². The van der Waals surface area contributed by atoms with Crippen LogP contribution in [-0.2, 0) is 6.42 Å². The van der Waals surface area contributed by atoms with Crippen LogP contribution in [0.4, 0.5) is 0 Å². The number of guanidine groups is 1. The van der Waals surface area contributed by atoms with Gasteiger partial charge in [-0.2, -0.15) is 0 Å². The van der Waals surface area contributed by atoms with Gasteiger partial charge < -0.3 is 15.4 Å². The topological polar surface area (TPSA) is 45.6 Å². The standard InChI is InChI=1S/C18H27N3O/c1-4-6-7-13-20-18(19-3)21-14-12-16-8-10-17(11-9-16)22-15-5-2/h2,8-11H,4,6-7,12-15H2,1,3H3,(H2,19,20,21). The lowest BCUT2D eigenvalue weighted by atomic mass is 10.1. The first kappa shape index (κ1) is 17.9. The molecule has 0 heterocycles. The molecule has 0 unspecified atom stereocenters. The predicted octanol–water partition coefficient (Wildman–Crippen LogP) is 2.60. The van der Waals surface area contributed by atoms with Gasteiger partial charge in [-0.1, -0.05) is 37.8 Å². The molecule has 0 saturated heterocycles. The van der Waals surface area contributed by atoms with Crippen LogP contribution in [0.5, 0.6) is 5.75 Å². The lowest BCUT2D eigenvalue weighted by Crippen LogP contribution is -2.38. The molecule has 0 aliphatic rings. The first-order valence-corrected chi connectivity index (χ1v) is 7.89. The van der Waals surface area contributed by atoms with E-state index >= 15 is 0 Å². The molecule has 0 aliphatic carbocycles. The molecule has 2 N–H and O–H groups in total. The fraction of sp³-hybridized carbons (Fsp3) is 0.500. The quantitative estimate of drug-likeness (QED) is 0.319. The molecular formula is C18H27N3O. The summed E-state index contributed by atoms with van der Waals surface area (Å²) >= 11 is 0. The molecule has 0 radical (unpaired) electrons. The number of terminal acetylenes is 1. The normalized spacial score (nSPS) is 10.9. The molecule has 0 aliphatic heterocycles. The number of rotatable bonds is 9. The van der Waals surface area contributed by atoms with Crippen molar-refractivity contribution in [2.24, 2.45) is 4.99 Å². The van der Waals surface area contributed by atoms with E-state index in [2.05, 4.69) is 40.6 Å². The van der Waals surface area contributed by atoms with E-state index in [0.717, 1.165) is 31.2 Å². The van der Waals surface area contributed by atoms with E-state index in [4.69, 9.17) is 11.2 Å². The number of ether oxygens (including phenoxy) is 1. The highest BCUT2D eigenvalue weighted by atomic mass is 16.5. The Morgan fingerprint density at radius 2 is 1.91 bits per heavy atom. The predicted molar refractivity (Wildman–Crippen MR) is 93.4 cm³/mol. The molecule has 0 aromatic heterocycles. The van der Waals surface area contributed by atoms with E-state index < -0.39 is 0 Å². The van der Waals surface area contributed by atoms with Crippen molar-refractivity contribution in [3.05, 3.63) is 29.8 Å². The number of nitrogens with one attached hydrogen (secondary N) is 2. The maximum Gasteiger partial charge on any atom is 0.190 e. The molecule has 0 atom stereocenters. The Bertz CT molecular complexity index is 474. The zero-order valence-electron chi connectivity index (χ0n) is 13.7. The van der Waals surface area contributed by atoms with Gasteiger partial charge in [0.15, 0.2) is 5.96 Å². The van der Waals surface area contributed by atoms with Crippen LogP contribution in [0, 0.1) is 12.3 Å². The molecule has 4 nitrogen and oxygen atoms in total. The Hall–Kier alpha value is -2.15. The van der Waals surface area contributed by atoms with E-state index in [-0.39, 0.29) is 0 Å². The molecule has 120 valence electrons. The van der Waals surface area contributed by atoms with Crippen molar-refractivity contribution in [2.45, 2.75) is 32.6 Å². The molecule has 0 fully saturated rings. The minimum atomic E-state index is 0.306. The van der Waals surface area contributed by atoms with Crippen LogP contribution in [0.2, 0.25) is 0 Å². The van der Waals surface area contributed by atoms with Gasteiger partial charge in [0, 0.05) is 20.1 Å². The Morgan fingerprint density at radius 3 is 2.55 bits per heavy atom. The summed E-state index contributed by atoms with van der Waals surface area (Å²) in [6, 6.07) is 8.02. The zero-order valence-corrected chi connectivity index (χ0v) is 13.7. The van der Waals surface area contributed by atoms with E-state index in [0.29, 0.717) is 6.61 Å². The van der Waals surface area contributed by atoms with E-state index in [1.807, 2.05) is 12.1 Å². The lowest BCUT2D eigenvalue weighted by Gasteiger charge is -2.11. The van der Waals surface area contributed by atoms with Crippen molar-refractivity contribution in [2.75, 3.05) is 26.7 Å². The molecule has 0 spiro atoms. The minimum absolute atomic E-state index is 0.306. The molecule has 0 bridgehead atoms. The van der Waals surface area contributed by atoms with Crippen LogP contribution in [0.3, 0.4) is 0 Å². The maximum absolute atomic E-state index is 5.35. The maximum atomic E-state index is 5.35. The van der Waals surface area contributed by atoms with Gasteiger partial charge in [-0.3, -0.25) is 4.99 Å². The van der Waals surface area contributed by atoms with Crippen molar-refractivity contribution < 1.29 is 4.74 Å². The third-order valence-electron chi connectivity index (χ3n) is 3.25. The second kappa shape index (κ2) is 11.5. The molecular weight excluding hydrogens is 274 g/mol. The molecule has 1 aromatic rings. The Morgan fingerprint density at radius 1 is 1.18 bits per heavy atom. The third-order valence-corrected chi connectivity index (χ3v) is 3.25. The number of hydrogen-bond donors (Lipinski definition) is 2. The first-order chi connectivity index (χ1) is 10.8. The number of aliphatic imine (C=N–C) groups is 1. The van der Waals surface area contributed by atoms with Crippen molar-refractivity contribution in [3.8, 4) is 18.1 Å². The molecule has 0 saturated carbocycles. The summed E-state index contributed by atoms with van der Waals surface area (Å²) in [6.07, 6.45) is 9.76. The summed E-state index contributed by atoms with van der Waals surface area (Å²) in [5.74, 6) is 4.13. The second-order valence-electron chi connectivity index (χ2n) is 5.02. The largest absolute Gasteiger partial charge is 0.481 e. The van der Waals surface area contributed by atoms with Crippen LogP contribution >= 0.6 is 0 Å². The highest BCUT2D eigenvalue weighted by molar-refractivity contribution is 5.79. The van der Waals surface area contributed by atoms with Crippen LogP contribution in [0.15, 0.2) is 29.3 Å². The van der Waals surface area contributed by atoms with E-state index in [9.17, 15) is 0 Å². The number of hydrogen-bond acceptors (Lipinski definition) is 2. The summed E-state index contributed by atoms with van der Waals surface area (Å²) in [4.78, 5) is 4.22. The van der Waals surface area contributed by atoms with Crippen molar-refractivity contribution in [1.82, 2.24) is 10.6 Å². The van der Waals surface area contributed by atoms with Crippen molar-refractivity contribution >= 4 is 5.96 Å². The smallest absolute Gasteiger partial charge is 0.190 e. The average Bonchev–Trinajstić information content (AvgIpc) is 2.56. The summed E-state index contributed by atoms with van der Waals surface area (Å²) in [5.41, 5.74) is 1.25. The fourth-order valence-corrected chi connectivity index (χ4v) is 2.00. The average molecular weight is 301 g/mol. The van der Waals surface area contributed by atoms with Gasteiger partial charge in [0.25, 0.3) is 0 Å². The van der Waals surface area contributed by atoms with Gasteiger partial charge >= 0.3 is 0 Å². The number of unbranched alkanes of at least 4 members (excludes halogenated alkanes) is 2. The second-order valence-corrected chi connectivity index (χ2v) is 5.02. The summed E-state index contributed by atoms with van der Waals surface area (Å²) in [7, 11) is 1.80. The first-order valence-electron chi connectivity index (χ1n) is 7.89. The highest BCUT2D eigenvalue weighted by Gasteiger charge is 1.98. The number of nitrogens with zero attached hydrogens (tertiary/aromatic N) is 1. The molecule has 0 amide bonds. The molecule has 1 aromatic carbocycles. The van der Waals surface area contributed by atoms with Gasteiger partial charge in [-0.15, -0.1) is 6.42 Å². The Kier molecular flexibility index (Phi) is 9.36. The Balaban J connectivity index is 2.26. The van der Waals surface area contributed by atoms with Crippen molar-refractivity contribution in [3.63, 3.8) is 0 Å². The molecule has 4 heteroatoms. The van der Waals surface area contributed by atoms with Crippen molar-refractivity contribution in [1.29, 1.82) is 0 Å². The van der Waals surface area contributed by atoms with Gasteiger partial charge in [-0.05, 0) is 30.5 Å². The van der Waals surface area contributed by atoms with Gasteiger partial charge in [0.1, 0.15) is 12.4 Å². The summed E-state index contributed by atoms with van der Waals surface area (Å²) in [6.45, 7) is 4.32. The van der Waals surface area contributed by atoms with Crippen LogP contribution in [0.25, 0.3) is 0 Å². The van der Waals surface area contributed by atoms with E-state index in [1.165, 1.54) is 24.8 Å². The van der Waals surface area contributed by atoms with Crippen LogP contribution in [-0.4, -0.2) is 32.7 Å². The van der Waals surface area contributed by atoms with Gasteiger partial charge in [-0.25, -0.2) is 0 Å². The zero-order chi connectivity index (χ0) is 16.0. The van der Waals surface area contributed by atoms with E-state index in [1.54, 1.807) is 7.05 Å². The van der Waals surface area contributed by atoms with Gasteiger partial charge in [0.2, 0.25) is 0 Å². The lowest BCUT2D eigenvalue weighted by molar-refractivity contribution is 0.370. The molecule has 1 rings (SSSR count).